The minimum absolute atomic E-state index is 0.0234. The van der Waals surface area contributed by atoms with Gasteiger partial charge in [0.1, 0.15) is 0 Å². The van der Waals surface area contributed by atoms with Crippen molar-refractivity contribution in [2.45, 2.75) is 32.1 Å². The first-order chi connectivity index (χ1) is 16.1. The predicted molar refractivity (Wildman–Crippen MR) is 128 cm³/mol. The van der Waals surface area contributed by atoms with Crippen LogP contribution in [0.25, 0.3) is 16.6 Å². The Bertz CT molecular complexity index is 1480. The van der Waals surface area contributed by atoms with Gasteiger partial charge in [0, 0.05) is 5.56 Å². The van der Waals surface area contributed by atoms with Crippen LogP contribution in [0.1, 0.15) is 32.6 Å². The number of ketones is 1. The molecule has 8 heteroatoms. The molecule has 4 aromatic rings. The quantitative estimate of drug-likeness (QED) is 0.190. The van der Waals surface area contributed by atoms with Crippen molar-refractivity contribution in [3.8, 4) is 5.69 Å². The Kier molecular flexibility index (Phi) is 6.36. The van der Waals surface area contributed by atoms with E-state index in [-0.39, 0.29) is 27.8 Å². The largest absolute Gasteiger partial charge is 0.418 e. The van der Waals surface area contributed by atoms with Gasteiger partial charge in [0.15, 0.2) is 10.9 Å². The first-order valence-corrected chi connectivity index (χ1v) is 11.5. The monoisotopic (exact) mass is 482 g/mol. The standard InChI is InChI=1S/C26H21F3N2O2S/c1-15-12-17(3)19(13-16(15)2)23(32)14-34-25-30-21-10-6-4-8-18(21)24(33)31(25)22-11-7-5-9-20(22)26(27,28)29/h4-13H,14H2,1-3H3. The summed E-state index contributed by atoms with van der Waals surface area (Å²) in [5, 5.41) is 0.218. The van der Waals surface area contributed by atoms with E-state index in [9.17, 15) is 22.8 Å². The Hall–Kier alpha value is -3.39. The second-order valence-electron chi connectivity index (χ2n) is 8.03. The molecule has 1 aromatic heterocycles. The van der Waals surface area contributed by atoms with E-state index in [1.165, 1.54) is 24.3 Å². The van der Waals surface area contributed by atoms with Gasteiger partial charge in [-0.2, -0.15) is 13.2 Å². The number of alkyl halides is 3. The highest BCUT2D eigenvalue weighted by molar-refractivity contribution is 7.99. The molecule has 0 bridgehead atoms. The van der Waals surface area contributed by atoms with Crippen LogP contribution in [-0.2, 0) is 6.18 Å². The molecule has 0 aliphatic rings. The highest BCUT2D eigenvalue weighted by atomic mass is 32.2. The molecule has 0 aliphatic heterocycles. The molecule has 0 fully saturated rings. The zero-order valence-electron chi connectivity index (χ0n) is 18.7. The van der Waals surface area contributed by atoms with Gasteiger partial charge in [-0.3, -0.25) is 14.2 Å². The van der Waals surface area contributed by atoms with Crippen LogP contribution in [0.4, 0.5) is 13.2 Å². The smallest absolute Gasteiger partial charge is 0.293 e. The summed E-state index contributed by atoms with van der Waals surface area (Å²) in [4.78, 5) is 30.8. The number of carbonyl (C=O) groups excluding carboxylic acids is 1. The summed E-state index contributed by atoms with van der Waals surface area (Å²) in [6.45, 7) is 5.71. The molecule has 4 nitrogen and oxygen atoms in total. The maximum Gasteiger partial charge on any atom is 0.418 e. The van der Waals surface area contributed by atoms with Crippen molar-refractivity contribution in [2.75, 3.05) is 5.75 Å². The number of benzene rings is 3. The second-order valence-corrected chi connectivity index (χ2v) is 8.97. The number of thioether (sulfide) groups is 1. The van der Waals surface area contributed by atoms with Gasteiger partial charge in [-0.05, 0) is 67.8 Å². The molecule has 0 saturated carbocycles. The minimum Gasteiger partial charge on any atom is -0.293 e. The van der Waals surface area contributed by atoms with Crippen LogP contribution < -0.4 is 5.56 Å². The lowest BCUT2D eigenvalue weighted by Crippen LogP contribution is -2.25. The number of nitrogens with zero attached hydrogens (tertiary/aromatic N) is 2. The lowest BCUT2D eigenvalue weighted by atomic mass is 9.99. The number of para-hydroxylation sites is 2. The van der Waals surface area contributed by atoms with Crippen molar-refractivity contribution < 1.29 is 18.0 Å². The zero-order chi connectivity index (χ0) is 24.6. The topological polar surface area (TPSA) is 52.0 Å². The van der Waals surface area contributed by atoms with E-state index in [0.717, 1.165) is 39.1 Å². The van der Waals surface area contributed by atoms with Gasteiger partial charge in [-0.15, -0.1) is 0 Å². The molecule has 0 unspecified atom stereocenters. The van der Waals surface area contributed by atoms with Crippen LogP contribution in [0.3, 0.4) is 0 Å². The molecule has 0 saturated heterocycles. The average Bonchev–Trinajstić information content (AvgIpc) is 2.79. The molecule has 0 N–H and O–H groups in total. The Morgan fingerprint density at radius 1 is 0.941 bits per heavy atom. The van der Waals surface area contributed by atoms with Crippen molar-refractivity contribution in [1.82, 2.24) is 9.55 Å². The number of aryl methyl sites for hydroxylation is 3. The van der Waals surface area contributed by atoms with E-state index in [1.807, 2.05) is 32.9 Å². The van der Waals surface area contributed by atoms with Gasteiger partial charge >= 0.3 is 6.18 Å². The van der Waals surface area contributed by atoms with E-state index < -0.39 is 17.3 Å². The third kappa shape index (κ3) is 4.50. The van der Waals surface area contributed by atoms with Crippen LogP contribution in [0.2, 0.25) is 0 Å². The summed E-state index contributed by atoms with van der Waals surface area (Å²) in [5.41, 5.74) is 1.85. The minimum atomic E-state index is -4.67. The number of fused-ring (bicyclic) bond motifs is 1. The summed E-state index contributed by atoms with van der Waals surface area (Å²) in [5.74, 6) is -0.272. The fourth-order valence-electron chi connectivity index (χ4n) is 3.80. The Labute approximate surface area is 198 Å². The highest BCUT2D eigenvalue weighted by Gasteiger charge is 2.34. The van der Waals surface area contributed by atoms with E-state index >= 15 is 0 Å². The maximum atomic E-state index is 13.8. The van der Waals surface area contributed by atoms with Gasteiger partial charge in [0.2, 0.25) is 0 Å². The van der Waals surface area contributed by atoms with Gasteiger partial charge in [0.05, 0.1) is 27.9 Å². The van der Waals surface area contributed by atoms with Crippen LogP contribution in [0, 0.1) is 20.8 Å². The van der Waals surface area contributed by atoms with Crippen molar-refractivity contribution in [3.05, 3.63) is 98.8 Å². The number of carbonyl (C=O) groups is 1. The van der Waals surface area contributed by atoms with Crippen LogP contribution in [0.15, 0.2) is 70.6 Å². The second kappa shape index (κ2) is 9.10. The molecular formula is C26H21F3N2O2S. The predicted octanol–water partition coefficient (Wildman–Crippen LogP) is 6.30. The first kappa shape index (κ1) is 23.8. The molecule has 1 heterocycles. The number of halogens is 3. The van der Waals surface area contributed by atoms with Crippen molar-refractivity contribution in [1.29, 1.82) is 0 Å². The Balaban J connectivity index is 1.83. The van der Waals surface area contributed by atoms with Gasteiger partial charge < -0.3 is 0 Å². The maximum absolute atomic E-state index is 13.8. The molecular weight excluding hydrogens is 461 g/mol. The first-order valence-electron chi connectivity index (χ1n) is 10.5. The summed E-state index contributed by atoms with van der Waals surface area (Å²) < 4.78 is 42.2. The molecule has 0 radical (unpaired) electrons. The Morgan fingerprint density at radius 2 is 1.59 bits per heavy atom. The molecule has 0 atom stereocenters. The van der Waals surface area contributed by atoms with Crippen molar-refractivity contribution >= 4 is 28.4 Å². The van der Waals surface area contributed by atoms with Crippen LogP contribution >= 0.6 is 11.8 Å². The third-order valence-corrected chi connectivity index (χ3v) is 6.61. The normalized spacial score (nSPS) is 11.7. The molecule has 0 aliphatic carbocycles. The number of rotatable bonds is 5. The van der Waals surface area contributed by atoms with E-state index in [1.54, 1.807) is 18.2 Å². The highest BCUT2D eigenvalue weighted by Crippen LogP contribution is 2.35. The van der Waals surface area contributed by atoms with E-state index in [2.05, 4.69) is 4.98 Å². The average molecular weight is 483 g/mol. The lowest BCUT2D eigenvalue weighted by Gasteiger charge is -2.18. The zero-order valence-corrected chi connectivity index (χ0v) is 19.6. The molecule has 34 heavy (non-hydrogen) atoms. The molecule has 0 amide bonds. The number of aromatic nitrogens is 2. The number of hydrogen-bond donors (Lipinski definition) is 0. The van der Waals surface area contributed by atoms with Gasteiger partial charge in [-0.1, -0.05) is 42.1 Å². The lowest BCUT2D eigenvalue weighted by molar-refractivity contribution is -0.137. The fraction of sp³-hybridized carbons (Fsp3) is 0.192. The van der Waals surface area contributed by atoms with Gasteiger partial charge in [-0.25, -0.2) is 4.98 Å². The van der Waals surface area contributed by atoms with Gasteiger partial charge in [0.25, 0.3) is 5.56 Å². The molecule has 3 aromatic carbocycles. The van der Waals surface area contributed by atoms with Crippen molar-refractivity contribution in [3.63, 3.8) is 0 Å². The summed E-state index contributed by atoms with van der Waals surface area (Å²) in [7, 11) is 0. The van der Waals surface area contributed by atoms with E-state index in [0.29, 0.717) is 11.1 Å². The van der Waals surface area contributed by atoms with Crippen LogP contribution in [-0.4, -0.2) is 21.1 Å². The van der Waals surface area contributed by atoms with Crippen LogP contribution in [0.5, 0.6) is 0 Å². The fourth-order valence-corrected chi connectivity index (χ4v) is 4.69. The number of Topliss-reactive ketones (excluding diaryl/α,β-unsaturated/α-hetero) is 1. The molecule has 174 valence electrons. The SMILES string of the molecule is Cc1cc(C)c(C(=O)CSc2nc3ccccc3c(=O)n2-c2ccccc2C(F)(F)F)cc1C. The van der Waals surface area contributed by atoms with Crippen molar-refractivity contribution in [2.24, 2.45) is 0 Å². The third-order valence-electron chi connectivity index (χ3n) is 5.67. The summed E-state index contributed by atoms with van der Waals surface area (Å²) in [6.07, 6.45) is -4.67. The summed E-state index contributed by atoms with van der Waals surface area (Å²) >= 11 is 0.947. The molecule has 0 spiro atoms. The summed E-state index contributed by atoms with van der Waals surface area (Å²) in [6, 6.07) is 15.1. The molecule has 4 rings (SSSR count). The number of hydrogen-bond acceptors (Lipinski definition) is 4. The Morgan fingerprint density at radius 3 is 2.32 bits per heavy atom. The van der Waals surface area contributed by atoms with E-state index in [4.69, 9.17) is 0 Å².